The van der Waals surface area contributed by atoms with E-state index in [2.05, 4.69) is 17.1 Å². The Morgan fingerprint density at radius 2 is 2.10 bits per heavy atom. The molecule has 2 aromatic rings. The van der Waals surface area contributed by atoms with Crippen LogP contribution in [0.15, 0.2) is 28.8 Å². The Kier molecular flexibility index (Phi) is 3.52. The Bertz CT molecular complexity index is 603. The molecule has 0 spiro atoms. The molecule has 2 N–H and O–H groups in total. The van der Waals surface area contributed by atoms with Gasteiger partial charge in [0.2, 0.25) is 11.7 Å². The second-order valence-corrected chi connectivity index (χ2v) is 6.21. The topological polar surface area (TPSA) is 64.9 Å². The van der Waals surface area contributed by atoms with Crippen LogP contribution in [0, 0.1) is 5.92 Å². The third-order valence-electron chi connectivity index (χ3n) is 4.10. The lowest BCUT2D eigenvalue weighted by molar-refractivity contribution is 0.190. The Labute approximate surface area is 123 Å². The molecule has 0 amide bonds. The Balaban J connectivity index is 1.87. The molecule has 3 rings (SSSR count). The van der Waals surface area contributed by atoms with Crippen LogP contribution in [-0.4, -0.2) is 10.1 Å². The fraction of sp³-hybridized carbons (Fsp3) is 0.467. The molecule has 1 saturated carbocycles. The number of nitrogens with two attached hydrogens (primary N) is 1. The molecular formula is C15H18ClN3O. The Morgan fingerprint density at radius 1 is 1.35 bits per heavy atom. The zero-order valence-electron chi connectivity index (χ0n) is 11.5. The van der Waals surface area contributed by atoms with Crippen molar-refractivity contribution in [1.82, 2.24) is 10.1 Å². The molecule has 106 valence electrons. The van der Waals surface area contributed by atoms with E-state index in [4.69, 9.17) is 21.9 Å². The predicted molar refractivity (Wildman–Crippen MR) is 78.2 cm³/mol. The third kappa shape index (κ3) is 2.58. The first-order valence-corrected chi connectivity index (χ1v) is 7.34. The zero-order chi connectivity index (χ0) is 14.2. The van der Waals surface area contributed by atoms with E-state index in [1.165, 1.54) is 0 Å². The minimum atomic E-state index is -0.476. The first-order valence-electron chi connectivity index (χ1n) is 6.96. The van der Waals surface area contributed by atoms with Crippen LogP contribution in [0.3, 0.4) is 0 Å². The molecule has 4 nitrogen and oxygen atoms in total. The van der Waals surface area contributed by atoms with Gasteiger partial charge in [-0.05, 0) is 43.7 Å². The summed E-state index contributed by atoms with van der Waals surface area (Å²) in [6, 6.07) is 7.42. The molecule has 5 heteroatoms. The van der Waals surface area contributed by atoms with Crippen molar-refractivity contribution in [1.29, 1.82) is 0 Å². The van der Waals surface area contributed by atoms with Gasteiger partial charge in [0.05, 0.1) is 5.54 Å². The average molecular weight is 292 g/mol. The first kappa shape index (κ1) is 13.6. The number of rotatable bonds is 2. The maximum Gasteiger partial charge on any atom is 0.247 e. The summed E-state index contributed by atoms with van der Waals surface area (Å²) in [6.07, 6.45) is 3.99. The van der Waals surface area contributed by atoms with Gasteiger partial charge in [-0.1, -0.05) is 35.8 Å². The van der Waals surface area contributed by atoms with Crippen LogP contribution in [0.1, 0.15) is 38.5 Å². The van der Waals surface area contributed by atoms with Gasteiger partial charge in [-0.3, -0.25) is 0 Å². The Morgan fingerprint density at radius 3 is 2.80 bits per heavy atom. The third-order valence-corrected chi connectivity index (χ3v) is 4.34. The van der Waals surface area contributed by atoms with Crippen molar-refractivity contribution < 1.29 is 4.52 Å². The molecule has 1 aliphatic rings. The van der Waals surface area contributed by atoms with E-state index in [0.29, 0.717) is 16.7 Å². The summed E-state index contributed by atoms with van der Waals surface area (Å²) in [4.78, 5) is 4.48. The van der Waals surface area contributed by atoms with E-state index in [1.54, 1.807) is 0 Å². The van der Waals surface area contributed by atoms with Crippen molar-refractivity contribution >= 4 is 11.6 Å². The highest BCUT2D eigenvalue weighted by Crippen LogP contribution is 2.37. The Hall–Kier alpha value is -1.39. The van der Waals surface area contributed by atoms with E-state index < -0.39 is 5.54 Å². The molecule has 0 unspecified atom stereocenters. The molecular weight excluding hydrogens is 274 g/mol. The SMILES string of the molecule is CC1CCC(N)(c2nc(-c3cccc(Cl)c3)no2)CC1. The fourth-order valence-electron chi connectivity index (χ4n) is 2.66. The van der Waals surface area contributed by atoms with Crippen molar-refractivity contribution in [2.24, 2.45) is 11.7 Å². The van der Waals surface area contributed by atoms with Crippen molar-refractivity contribution in [2.45, 2.75) is 38.1 Å². The molecule has 0 aliphatic heterocycles. The lowest BCUT2D eigenvalue weighted by Gasteiger charge is -2.32. The van der Waals surface area contributed by atoms with Gasteiger partial charge < -0.3 is 10.3 Å². The van der Waals surface area contributed by atoms with Gasteiger partial charge in [-0.15, -0.1) is 0 Å². The van der Waals surface area contributed by atoms with Crippen LogP contribution < -0.4 is 5.73 Å². The second kappa shape index (κ2) is 5.19. The van der Waals surface area contributed by atoms with Gasteiger partial charge in [0, 0.05) is 10.6 Å². The van der Waals surface area contributed by atoms with Gasteiger partial charge in [0.1, 0.15) is 0 Å². The normalized spacial score (nSPS) is 26.6. The van der Waals surface area contributed by atoms with Crippen LogP contribution in [0.25, 0.3) is 11.4 Å². The summed E-state index contributed by atoms with van der Waals surface area (Å²) in [5, 5.41) is 4.70. The molecule has 0 radical (unpaired) electrons. The number of benzene rings is 1. The highest BCUT2D eigenvalue weighted by Gasteiger charge is 2.37. The molecule has 0 saturated heterocycles. The van der Waals surface area contributed by atoms with Gasteiger partial charge in [-0.25, -0.2) is 0 Å². The van der Waals surface area contributed by atoms with E-state index in [-0.39, 0.29) is 0 Å². The lowest BCUT2D eigenvalue weighted by Crippen LogP contribution is -2.40. The predicted octanol–water partition coefficient (Wildman–Crippen LogP) is 3.75. The average Bonchev–Trinajstić information content (AvgIpc) is 2.93. The summed E-state index contributed by atoms with van der Waals surface area (Å²) in [6.45, 7) is 2.25. The van der Waals surface area contributed by atoms with Crippen molar-refractivity contribution in [2.75, 3.05) is 0 Å². The number of aromatic nitrogens is 2. The van der Waals surface area contributed by atoms with Crippen LogP contribution in [0.2, 0.25) is 5.02 Å². The monoisotopic (exact) mass is 291 g/mol. The fourth-order valence-corrected chi connectivity index (χ4v) is 2.85. The zero-order valence-corrected chi connectivity index (χ0v) is 12.2. The molecule has 0 bridgehead atoms. The summed E-state index contributed by atoms with van der Waals surface area (Å²) in [7, 11) is 0. The number of nitrogens with zero attached hydrogens (tertiary/aromatic N) is 2. The summed E-state index contributed by atoms with van der Waals surface area (Å²) >= 11 is 5.98. The number of hydrogen-bond donors (Lipinski definition) is 1. The quantitative estimate of drug-likeness (QED) is 0.915. The largest absolute Gasteiger partial charge is 0.337 e. The van der Waals surface area contributed by atoms with Gasteiger partial charge in [-0.2, -0.15) is 4.98 Å². The van der Waals surface area contributed by atoms with E-state index in [0.717, 1.165) is 37.2 Å². The van der Waals surface area contributed by atoms with Crippen LogP contribution in [0.4, 0.5) is 0 Å². The number of hydrogen-bond acceptors (Lipinski definition) is 4. The highest BCUT2D eigenvalue weighted by atomic mass is 35.5. The molecule has 0 atom stereocenters. The molecule has 1 aromatic heterocycles. The van der Waals surface area contributed by atoms with E-state index >= 15 is 0 Å². The van der Waals surface area contributed by atoms with Crippen molar-refractivity contribution in [3.8, 4) is 11.4 Å². The van der Waals surface area contributed by atoms with Crippen LogP contribution >= 0.6 is 11.6 Å². The van der Waals surface area contributed by atoms with E-state index in [1.807, 2.05) is 24.3 Å². The minimum absolute atomic E-state index is 0.476. The smallest absolute Gasteiger partial charge is 0.247 e. The molecule has 1 fully saturated rings. The van der Waals surface area contributed by atoms with Gasteiger partial charge in [0.25, 0.3) is 0 Å². The molecule has 1 aromatic carbocycles. The second-order valence-electron chi connectivity index (χ2n) is 5.77. The molecule has 1 heterocycles. The number of halogens is 1. The summed E-state index contributed by atoms with van der Waals surface area (Å²) < 4.78 is 5.41. The van der Waals surface area contributed by atoms with Crippen molar-refractivity contribution in [3.63, 3.8) is 0 Å². The van der Waals surface area contributed by atoms with Crippen LogP contribution in [0.5, 0.6) is 0 Å². The first-order chi connectivity index (χ1) is 9.57. The lowest BCUT2D eigenvalue weighted by atomic mass is 9.78. The van der Waals surface area contributed by atoms with Gasteiger partial charge in [0.15, 0.2) is 0 Å². The maximum absolute atomic E-state index is 6.44. The van der Waals surface area contributed by atoms with E-state index in [9.17, 15) is 0 Å². The highest BCUT2D eigenvalue weighted by molar-refractivity contribution is 6.30. The summed E-state index contributed by atoms with van der Waals surface area (Å²) in [5.74, 6) is 1.81. The van der Waals surface area contributed by atoms with Crippen molar-refractivity contribution in [3.05, 3.63) is 35.2 Å². The summed E-state index contributed by atoms with van der Waals surface area (Å²) in [5.41, 5.74) is 6.81. The van der Waals surface area contributed by atoms with Gasteiger partial charge >= 0.3 is 0 Å². The standard InChI is InChI=1S/C15H18ClN3O/c1-10-5-7-15(17,8-6-10)14-18-13(19-20-14)11-3-2-4-12(16)9-11/h2-4,9-10H,5-8,17H2,1H3. The minimum Gasteiger partial charge on any atom is -0.337 e. The van der Waals surface area contributed by atoms with Crippen LogP contribution in [-0.2, 0) is 5.54 Å². The maximum atomic E-state index is 6.44. The molecule has 20 heavy (non-hydrogen) atoms. The molecule has 1 aliphatic carbocycles.